The minimum Gasteiger partial charge on any atom is -0.399 e. The van der Waals surface area contributed by atoms with Crippen molar-refractivity contribution < 1.29 is 0 Å². The van der Waals surface area contributed by atoms with Crippen LogP contribution in [0.4, 0.5) is 10.8 Å². The lowest BCUT2D eigenvalue weighted by Gasteiger charge is -2.02. The number of nitrogen functional groups attached to an aromatic ring is 1. The van der Waals surface area contributed by atoms with Crippen LogP contribution in [-0.4, -0.2) is 4.98 Å². The van der Waals surface area contributed by atoms with Crippen LogP contribution in [0, 0.1) is 0 Å². The summed E-state index contributed by atoms with van der Waals surface area (Å²) in [6.45, 7) is 0.704. The van der Waals surface area contributed by atoms with Gasteiger partial charge in [0.1, 0.15) is 0 Å². The molecule has 3 aromatic rings. The summed E-state index contributed by atoms with van der Waals surface area (Å²) in [5, 5.41) is 4.94. The Morgan fingerprint density at radius 3 is 2.95 bits per heavy atom. The van der Waals surface area contributed by atoms with Gasteiger partial charge < -0.3 is 11.1 Å². The van der Waals surface area contributed by atoms with E-state index in [1.807, 2.05) is 42.5 Å². The lowest BCUT2D eigenvalue weighted by atomic mass is 10.2. The van der Waals surface area contributed by atoms with Gasteiger partial charge in [-0.3, -0.25) is 0 Å². The van der Waals surface area contributed by atoms with Gasteiger partial charge in [-0.05, 0) is 35.9 Å². The number of rotatable bonds is 3. The SMILES string of the molecule is Nc1ccc2nc(NCc3cccc(Cl)c3)sc2c1. The predicted molar refractivity (Wildman–Crippen MR) is 82.8 cm³/mol. The minimum atomic E-state index is 0.704. The molecule has 0 aliphatic carbocycles. The Kier molecular flexibility index (Phi) is 3.27. The summed E-state index contributed by atoms with van der Waals surface area (Å²) < 4.78 is 1.09. The Balaban J connectivity index is 1.78. The molecule has 0 spiro atoms. The molecular weight excluding hydrogens is 278 g/mol. The lowest BCUT2D eigenvalue weighted by Crippen LogP contribution is -1.98. The molecule has 1 aromatic heterocycles. The average Bonchev–Trinajstić information content (AvgIpc) is 2.78. The summed E-state index contributed by atoms with van der Waals surface area (Å²) in [4.78, 5) is 4.51. The first-order valence-electron chi connectivity index (χ1n) is 5.85. The summed E-state index contributed by atoms with van der Waals surface area (Å²) in [5.74, 6) is 0. The minimum absolute atomic E-state index is 0.704. The zero-order chi connectivity index (χ0) is 13.2. The molecule has 0 aliphatic rings. The van der Waals surface area contributed by atoms with E-state index in [2.05, 4.69) is 10.3 Å². The highest BCUT2D eigenvalue weighted by atomic mass is 35.5. The fraction of sp³-hybridized carbons (Fsp3) is 0.0714. The average molecular weight is 290 g/mol. The normalized spacial score (nSPS) is 10.8. The summed E-state index contributed by atoms with van der Waals surface area (Å²) in [6, 6.07) is 13.5. The van der Waals surface area contributed by atoms with E-state index in [4.69, 9.17) is 17.3 Å². The van der Waals surface area contributed by atoms with Gasteiger partial charge in [0, 0.05) is 17.3 Å². The fourth-order valence-corrected chi connectivity index (χ4v) is 2.96. The molecule has 0 aliphatic heterocycles. The number of hydrogen-bond donors (Lipinski definition) is 2. The van der Waals surface area contributed by atoms with E-state index in [9.17, 15) is 0 Å². The third-order valence-corrected chi connectivity index (χ3v) is 3.96. The second-order valence-corrected chi connectivity index (χ2v) is 5.70. The standard InChI is InChI=1S/C14H12ClN3S/c15-10-3-1-2-9(6-10)8-17-14-18-12-5-4-11(16)7-13(12)19-14/h1-7H,8,16H2,(H,17,18). The maximum atomic E-state index is 5.95. The first kappa shape index (κ1) is 12.3. The molecule has 0 saturated heterocycles. The van der Waals surface area contributed by atoms with Gasteiger partial charge in [0.05, 0.1) is 10.2 Å². The summed E-state index contributed by atoms with van der Waals surface area (Å²) >= 11 is 7.55. The van der Waals surface area contributed by atoms with Crippen LogP contribution in [0.3, 0.4) is 0 Å². The van der Waals surface area contributed by atoms with E-state index < -0.39 is 0 Å². The van der Waals surface area contributed by atoms with Crippen LogP contribution in [0.2, 0.25) is 5.02 Å². The fourth-order valence-electron chi connectivity index (χ4n) is 1.84. The smallest absolute Gasteiger partial charge is 0.184 e. The Morgan fingerprint density at radius 1 is 1.21 bits per heavy atom. The van der Waals surface area contributed by atoms with Gasteiger partial charge in [-0.1, -0.05) is 35.1 Å². The van der Waals surface area contributed by atoms with E-state index in [0.717, 1.165) is 31.6 Å². The van der Waals surface area contributed by atoms with E-state index >= 15 is 0 Å². The van der Waals surface area contributed by atoms with Gasteiger partial charge in [-0.15, -0.1) is 0 Å². The zero-order valence-electron chi connectivity index (χ0n) is 10.1. The number of nitrogens with two attached hydrogens (primary N) is 1. The molecule has 0 saturated carbocycles. The summed E-state index contributed by atoms with van der Waals surface area (Å²) in [5.41, 5.74) is 8.62. The maximum absolute atomic E-state index is 5.95. The maximum Gasteiger partial charge on any atom is 0.184 e. The van der Waals surface area contributed by atoms with Crippen molar-refractivity contribution in [1.82, 2.24) is 4.98 Å². The van der Waals surface area contributed by atoms with Gasteiger partial charge in [0.2, 0.25) is 0 Å². The van der Waals surface area contributed by atoms with Crippen molar-refractivity contribution in [3.8, 4) is 0 Å². The molecular formula is C14H12ClN3S. The number of halogens is 1. The molecule has 0 unspecified atom stereocenters. The van der Waals surface area contributed by atoms with E-state index in [0.29, 0.717) is 6.54 Å². The number of nitrogens with zero attached hydrogens (tertiary/aromatic N) is 1. The van der Waals surface area contributed by atoms with E-state index in [1.54, 1.807) is 11.3 Å². The van der Waals surface area contributed by atoms with E-state index in [1.165, 1.54) is 0 Å². The van der Waals surface area contributed by atoms with Crippen LogP contribution >= 0.6 is 22.9 Å². The second-order valence-electron chi connectivity index (χ2n) is 4.23. The number of hydrogen-bond acceptors (Lipinski definition) is 4. The van der Waals surface area contributed by atoms with Crippen LogP contribution in [0.1, 0.15) is 5.56 Å². The topological polar surface area (TPSA) is 50.9 Å². The monoisotopic (exact) mass is 289 g/mol. The van der Waals surface area contributed by atoms with Gasteiger partial charge in [-0.25, -0.2) is 4.98 Å². The molecule has 3 rings (SSSR count). The Bertz CT molecular complexity index is 724. The molecule has 19 heavy (non-hydrogen) atoms. The molecule has 0 radical (unpaired) electrons. The number of fused-ring (bicyclic) bond motifs is 1. The highest BCUT2D eigenvalue weighted by Gasteiger charge is 2.03. The van der Waals surface area contributed by atoms with Crippen molar-refractivity contribution in [2.45, 2.75) is 6.54 Å². The largest absolute Gasteiger partial charge is 0.399 e. The van der Waals surface area contributed by atoms with Crippen molar-refractivity contribution >= 4 is 44.0 Å². The molecule has 0 atom stereocenters. The first-order chi connectivity index (χ1) is 9.20. The lowest BCUT2D eigenvalue weighted by molar-refractivity contribution is 1.14. The number of nitrogens with one attached hydrogen (secondary N) is 1. The Morgan fingerprint density at radius 2 is 2.11 bits per heavy atom. The summed E-state index contributed by atoms with van der Waals surface area (Å²) in [6.07, 6.45) is 0. The third-order valence-electron chi connectivity index (χ3n) is 2.75. The zero-order valence-corrected chi connectivity index (χ0v) is 11.6. The number of aromatic nitrogens is 1. The van der Waals surface area contributed by atoms with E-state index in [-0.39, 0.29) is 0 Å². The second kappa shape index (κ2) is 5.07. The van der Waals surface area contributed by atoms with Gasteiger partial charge in [0.25, 0.3) is 0 Å². The Labute approximate surface area is 120 Å². The molecule has 3 N–H and O–H groups in total. The van der Waals surface area contributed by atoms with Crippen LogP contribution in [0.25, 0.3) is 10.2 Å². The number of benzene rings is 2. The number of anilines is 2. The van der Waals surface area contributed by atoms with Gasteiger partial charge in [-0.2, -0.15) is 0 Å². The van der Waals surface area contributed by atoms with Crippen LogP contribution in [-0.2, 0) is 6.54 Å². The molecule has 96 valence electrons. The molecule has 2 aromatic carbocycles. The predicted octanol–water partition coefficient (Wildman–Crippen LogP) is 4.14. The molecule has 0 bridgehead atoms. The molecule has 0 fully saturated rings. The van der Waals surface area contributed by atoms with Crippen LogP contribution in [0.15, 0.2) is 42.5 Å². The number of thiazole rings is 1. The van der Waals surface area contributed by atoms with Crippen molar-refractivity contribution in [1.29, 1.82) is 0 Å². The van der Waals surface area contributed by atoms with Gasteiger partial charge >= 0.3 is 0 Å². The Hall–Kier alpha value is -1.78. The molecule has 1 heterocycles. The molecule has 3 nitrogen and oxygen atoms in total. The highest BCUT2D eigenvalue weighted by molar-refractivity contribution is 7.22. The van der Waals surface area contributed by atoms with Crippen LogP contribution < -0.4 is 11.1 Å². The van der Waals surface area contributed by atoms with Gasteiger partial charge in [0.15, 0.2) is 5.13 Å². The third kappa shape index (κ3) is 2.80. The van der Waals surface area contributed by atoms with Crippen LogP contribution in [0.5, 0.6) is 0 Å². The first-order valence-corrected chi connectivity index (χ1v) is 7.04. The van der Waals surface area contributed by atoms with Crippen molar-refractivity contribution in [2.75, 3.05) is 11.1 Å². The van der Waals surface area contributed by atoms with Crippen molar-refractivity contribution in [3.05, 3.63) is 53.1 Å². The summed E-state index contributed by atoms with van der Waals surface area (Å²) in [7, 11) is 0. The molecule has 5 heteroatoms. The van der Waals surface area contributed by atoms with Crippen molar-refractivity contribution in [3.63, 3.8) is 0 Å². The quantitative estimate of drug-likeness (QED) is 0.712. The molecule has 0 amide bonds. The highest BCUT2D eigenvalue weighted by Crippen LogP contribution is 2.27. The van der Waals surface area contributed by atoms with Crippen molar-refractivity contribution in [2.24, 2.45) is 0 Å².